The lowest BCUT2D eigenvalue weighted by Crippen LogP contribution is -3.00. The summed E-state index contributed by atoms with van der Waals surface area (Å²) in [5.41, 5.74) is -0.385. The average Bonchev–Trinajstić information content (AvgIpc) is 3.38. The smallest absolute Gasteiger partial charge is 0.330 e. The van der Waals surface area contributed by atoms with Gasteiger partial charge in [-0.25, -0.2) is 4.79 Å². The van der Waals surface area contributed by atoms with Gasteiger partial charge in [0.15, 0.2) is 12.3 Å². The van der Waals surface area contributed by atoms with E-state index in [2.05, 4.69) is 67.3 Å². The fourth-order valence-electron chi connectivity index (χ4n) is 8.14. The molecule has 0 radical (unpaired) electrons. The molecule has 0 aromatic carbocycles. The lowest BCUT2D eigenvalue weighted by atomic mass is 10.1. The van der Waals surface area contributed by atoms with Crippen LogP contribution >= 0.6 is 7.26 Å². The fourth-order valence-corrected chi connectivity index (χ4v) is 18.8. The molecule has 9 nitrogen and oxygen atoms in total. The van der Waals surface area contributed by atoms with E-state index in [-0.39, 0.29) is 59.7 Å². The van der Waals surface area contributed by atoms with Crippen LogP contribution in [0.25, 0.3) is 0 Å². The quantitative estimate of drug-likeness (QED) is 0.0719. The van der Waals surface area contributed by atoms with Crippen LogP contribution in [0.5, 0.6) is 0 Å². The summed E-state index contributed by atoms with van der Waals surface area (Å²) in [6.45, 7) is 21.8. The van der Waals surface area contributed by atoms with Crippen molar-refractivity contribution in [3.8, 4) is 0 Å². The summed E-state index contributed by atoms with van der Waals surface area (Å²) in [5, 5.41) is 0. The van der Waals surface area contributed by atoms with Gasteiger partial charge in [0.05, 0.1) is 37.2 Å². The van der Waals surface area contributed by atoms with Crippen molar-refractivity contribution in [2.75, 3.05) is 24.6 Å². The number of unbranched alkanes of at least 4 members (excludes halogenated alkanes) is 3. The highest BCUT2D eigenvalue weighted by Crippen LogP contribution is 2.61. The Bertz CT molecular complexity index is 1230. The minimum Gasteiger partial charge on any atom is -1.00 e. The molecule has 1 N–H and O–H groups in total. The minimum atomic E-state index is -2.53. The molecule has 1 fully saturated rings. The summed E-state index contributed by atoms with van der Waals surface area (Å²) in [6, 6.07) is 1.29. The van der Waals surface area contributed by atoms with Gasteiger partial charge in [-0.1, -0.05) is 95.9 Å². The molecule has 1 saturated heterocycles. The third kappa shape index (κ3) is 13.9. The number of Topliss-reactive ketones (excluding diaryl/α,β-unsaturated/α-hetero) is 1. The largest absolute Gasteiger partial charge is 1.00 e. The van der Waals surface area contributed by atoms with Crippen molar-refractivity contribution >= 4 is 27.3 Å². The minimum absolute atomic E-state index is 0. The molecule has 0 spiro atoms. The molecule has 1 aliphatic heterocycles. The summed E-state index contributed by atoms with van der Waals surface area (Å²) >= 11 is 0. The number of ether oxygens (including phenoxy) is 2. The van der Waals surface area contributed by atoms with Crippen LogP contribution in [0.15, 0.2) is 21.9 Å². The van der Waals surface area contributed by atoms with Crippen LogP contribution in [-0.2, 0) is 23.5 Å². The van der Waals surface area contributed by atoms with Gasteiger partial charge >= 0.3 is 11.7 Å². The third-order valence-corrected chi connectivity index (χ3v) is 21.9. The number of rotatable bonds is 24. The van der Waals surface area contributed by atoms with E-state index in [1.165, 1.54) is 80.0 Å². The second-order valence-corrected chi connectivity index (χ2v) is 25.2. The number of aromatic nitrogens is 2. The lowest BCUT2D eigenvalue weighted by molar-refractivity contribution is -0.156. The van der Waals surface area contributed by atoms with Gasteiger partial charge in [-0.15, -0.1) is 0 Å². The van der Waals surface area contributed by atoms with Crippen LogP contribution in [0.2, 0.25) is 16.6 Å². The van der Waals surface area contributed by atoms with E-state index in [4.69, 9.17) is 13.9 Å². The zero-order valence-corrected chi connectivity index (χ0v) is 36.4. The molecule has 12 heteroatoms. The highest BCUT2D eigenvalue weighted by molar-refractivity contribution is 7.75. The van der Waals surface area contributed by atoms with E-state index >= 15 is 0 Å². The van der Waals surface area contributed by atoms with Crippen LogP contribution in [0.1, 0.15) is 154 Å². The number of halogens is 1. The molecule has 1 unspecified atom stereocenters. The summed E-state index contributed by atoms with van der Waals surface area (Å²) in [4.78, 5) is 53.8. The van der Waals surface area contributed by atoms with Gasteiger partial charge in [-0.05, 0) is 48.7 Å². The molecule has 2 rings (SSSR count). The number of nitrogens with zero attached hydrogens (tertiary/aromatic N) is 1. The Kier molecular flexibility index (Phi) is 23.8. The average molecular weight is 822 g/mol. The number of carbonyl (C=O) groups is 2. The van der Waals surface area contributed by atoms with Crippen molar-refractivity contribution < 1.29 is 40.5 Å². The Morgan fingerprint density at radius 1 is 0.824 bits per heavy atom. The monoisotopic (exact) mass is 820 g/mol. The molecule has 1 aromatic rings. The zero-order valence-electron chi connectivity index (χ0n) is 32.9. The maximum absolute atomic E-state index is 13.4. The molecule has 0 saturated carbocycles. The van der Waals surface area contributed by atoms with Crippen LogP contribution in [-0.4, -0.2) is 72.6 Å². The molecular formula is C39H74BrN2O7PSi. The van der Waals surface area contributed by atoms with Crippen molar-refractivity contribution in [3.63, 3.8) is 0 Å². The topological polar surface area (TPSA) is 117 Å². The van der Waals surface area contributed by atoms with E-state index in [9.17, 15) is 19.2 Å². The molecule has 51 heavy (non-hydrogen) atoms. The maximum atomic E-state index is 13.4. The molecule has 298 valence electrons. The number of esters is 1. The summed E-state index contributed by atoms with van der Waals surface area (Å²) < 4.78 is 21.1. The number of carbonyl (C=O) groups excluding carboxylic acids is 2. The van der Waals surface area contributed by atoms with Gasteiger partial charge in [-0.3, -0.25) is 23.9 Å². The number of H-pyrrole nitrogens is 1. The summed E-state index contributed by atoms with van der Waals surface area (Å²) in [5.74, 6) is -0.340. The predicted molar refractivity (Wildman–Crippen MR) is 213 cm³/mol. The first-order valence-electron chi connectivity index (χ1n) is 19.4. The van der Waals surface area contributed by atoms with Gasteiger partial charge < -0.3 is 30.9 Å². The normalized spacial score (nSPS) is 19.3. The standard InChI is InChI=1S/C38H69N2O7PSi.CH4.BrH/c1-11-15-24-48(25-16-12-2,26-17-13-3)27-18-19-31(41)20-21-34(43)46-35-32(14-4)45-37(40-23-22-33(42)39-38(40)44)36(35)47-49(28(5)6,29(7)8)30(9)10;;/h22-23,28-30,32,35-37H,11-21,24-27H2,1-10H3;1H4;1H/t32-,35?,36+,37-;;/m1../s1. The molecule has 0 amide bonds. The first-order chi connectivity index (χ1) is 23.2. The Labute approximate surface area is 322 Å². The van der Waals surface area contributed by atoms with Gasteiger partial charge in [-0.2, -0.15) is 0 Å². The highest BCUT2D eigenvalue weighted by atomic mass is 79.9. The number of nitrogens with one attached hydrogen (secondary N) is 1. The molecule has 1 aromatic heterocycles. The van der Waals surface area contributed by atoms with Gasteiger partial charge in [0, 0.05) is 32.4 Å². The van der Waals surface area contributed by atoms with E-state index < -0.39 is 57.3 Å². The second-order valence-electron chi connectivity index (χ2n) is 15.3. The van der Waals surface area contributed by atoms with E-state index in [0.717, 1.165) is 6.42 Å². The number of hydrogen-bond acceptors (Lipinski definition) is 7. The first kappa shape index (κ1) is 49.9. The lowest BCUT2D eigenvalue weighted by Gasteiger charge is -2.45. The predicted octanol–water partition coefficient (Wildman–Crippen LogP) is 6.50. The molecule has 0 bridgehead atoms. The number of ketones is 1. The second kappa shape index (κ2) is 24.3. The Morgan fingerprint density at radius 3 is 1.78 bits per heavy atom. The van der Waals surface area contributed by atoms with Crippen LogP contribution < -0.4 is 28.2 Å². The Balaban J connectivity index is 0.0000125. The van der Waals surface area contributed by atoms with Crippen LogP contribution in [0, 0.1) is 0 Å². The zero-order chi connectivity index (χ0) is 36.8. The maximum Gasteiger partial charge on any atom is 0.330 e. The summed E-state index contributed by atoms with van der Waals surface area (Å²) in [6.07, 6.45) is 13.3. The Morgan fingerprint density at radius 2 is 1.33 bits per heavy atom. The van der Waals surface area contributed by atoms with Crippen molar-refractivity contribution in [1.29, 1.82) is 0 Å². The van der Waals surface area contributed by atoms with Crippen LogP contribution in [0.4, 0.5) is 0 Å². The first-order valence-corrected chi connectivity index (χ1v) is 24.1. The molecule has 0 aliphatic carbocycles. The van der Waals surface area contributed by atoms with Crippen molar-refractivity contribution in [2.45, 2.75) is 188 Å². The van der Waals surface area contributed by atoms with Gasteiger partial charge in [0.2, 0.25) is 8.32 Å². The SMILES string of the molecule is C.CCCC[P+](CCCC)(CCCC)CCCC(=O)CCC(=O)OC1[C@@H](CC)O[C@@H](n2ccc(=O)[nH]c2=O)[C@H]1O[Si](C(C)C)(C(C)C)C(C)C.[Br-]. The van der Waals surface area contributed by atoms with Gasteiger partial charge in [0.1, 0.15) is 11.9 Å². The number of hydrogen-bond donors (Lipinski definition) is 1. The molecule has 2 heterocycles. The van der Waals surface area contributed by atoms with E-state index in [1.807, 2.05) is 6.92 Å². The van der Waals surface area contributed by atoms with Crippen molar-refractivity contribution in [2.24, 2.45) is 0 Å². The van der Waals surface area contributed by atoms with Crippen LogP contribution in [0.3, 0.4) is 0 Å². The van der Waals surface area contributed by atoms with E-state index in [0.29, 0.717) is 12.8 Å². The molecular weight excluding hydrogens is 747 g/mol. The fraction of sp³-hybridized carbons (Fsp3) is 0.846. The third-order valence-electron chi connectivity index (χ3n) is 10.8. The highest BCUT2D eigenvalue weighted by Gasteiger charge is 2.55. The van der Waals surface area contributed by atoms with Gasteiger partial charge in [0.25, 0.3) is 5.56 Å². The number of aromatic amines is 1. The molecule has 1 aliphatic rings. The summed E-state index contributed by atoms with van der Waals surface area (Å²) in [7, 11) is -3.60. The van der Waals surface area contributed by atoms with E-state index in [1.54, 1.807) is 0 Å². The molecule has 4 atom stereocenters. The van der Waals surface area contributed by atoms with Crippen molar-refractivity contribution in [3.05, 3.63) is 33.1 Å². The van der Waals surface area contributed by atoms with Crippen molar-refractivity contribution in [1.82, 2.24) is 9.55 Å². The Hall–Kier alpha value is -1.13.